The Bertz CT molecular complexity index is 732. The zero-order valence-electron chi connectivity index (χ0n) is 12.2. The molecule has 0 aliphatic heterocycles. The molecule has 2 amide bonds. The zero-order valence-corrected chi connectivity index (χ0v) is 13.7. The number of hydrogen-bond acceptors (Lipinski definition) is 4. The van der Waals surface area contributed by atoms with Gasteiger partial charge < -0.3 is 16.4 Å². The first kappa shape index (κ1) is 17.1. The molecule has 0 radical (unpaired) electrons. The van der Waals surface area contributed by atoms with Crippen molar-refractivity contribution in [1.29, 1.82) is 0 Å². The molecule has 7 nitrogen and oxygen atoms in total. The van der Waals surface area contributed by atoms with Crippen LogP contribution in [0.15, 0.2) is 30.5 Å². The van der Waals surface area contributed by atoms with E-state index in [9.17, 15) is 9.59 Å². The summed E-state index contributed by atoms with van der Waals surface area (Å²) in [6, 6.07) is 6.03. The molecule has 0 bridgehead atoms. The van der Waals surface area contributed by atoms with Crippen molar-refractivity contribution >= 4 is 46.5 Å². The van der Waals surface area contributed by atoms with Gasteiger partial charge in [0.1, 0.15) is 18.4 Å². The van der Waals surface area contributed by atoms with Crippen LogP contribution in [0.25, 0.3) is 0 Å². The SMILES string of the molecule is C[C@H](Nc1ccn(CC(N)=O)n1)C(=O)Nc1cccc(Cl)c1Cl. The summed E-state index contributed by atoms with van der Waals surface area (Å²) >= 11 is 11.9. The minimum absolute atomic E-state index is 0.0274. The van der Waals surface area contributed by atoms with Gasteiger partial charge in [0.25, 0.3) is 0 Å². The Morgan fingerprint density at radius 1 is 1.35 bits per heavy atom. The molecular formula is C14H15Cl2N5O2. The highest BCUT2D eigenvalue weighted by Crippen LogP contribution is 2.29. The van der Waals surface area contributed by atoms with Gasteiger partial charge >= 0.3 is 0 Å². The van der Waals surface area contributed by atoms with Crippen molar-refractivity contribution in [2.24, 2.45) is 5.73 Å². The van der Waals surface area contributed by atoms with Crippen molar-refractivity contribution in [1.82, 2.24) is 9.78 Å². The van der Waals surface area contributed by atoms with Gasteiger partial charge in [0.2, 0.25) is 11.8 Å². The molecule has 1 atom stereocenters. The quantitative estimate of drug-likeness (QED) is 0.738. The van der Waals surface area contributed by atoms with E-state index in [0.717, 1.165) is 0 Å². The Morgan fingerprint density at radius 2 is 2.09 bits per heavy atom. The second-order valence-electron chi connectivity index (χ2n) is 4.82. The third-order valence-electron chi connectivity index (χ3n) is 2.93. The van der Waals surface area contributed by atoms with Crippen LogP contribution in [0.2, 0.25) is 10.0 Å². The largest absolute Gasteiger partial charge is 0.368 e. The fourth-order valence-electron chi connectivity index (χ4n) is 1.82. The van der Waals surface area contributed by atoms with Crippen molar-refractivity contribution in [3.63, 3.8) is 0 Å². The van der Waals surface area contributed by atoms with Crippen LogP contribution in [0, 0.1) is 0 Å². The molecule has 0 unspecified atom stereocenters. The minimum Gasteiger partial charge on any atom is -0.368 e. The molecule has 4 N–H and O–H groups in total. The first-order chi connectivity index (χ1) is 10.9. The maximum Gasteiger partial charge on any atom is 0.246 e. The number of anilines is 2. The normalized spacial score (nSPS) is 11.8. The van der Waals surface area contributed by atoms with E-state index in [1.165, 1.54) is 4.68 Å². The number of halogens is 2. The highest BCUT2D eigenvalue weighted by molar-refractivity contribution is 6.44. The summed E-state index contributed by atoms with van der Waals surface area (Å²) in [6.07, 6.45) is 1.59. The van der Waals surface area contributed by atoms with E-state index < -0.39 is 11.9 Å². The molecular weight excluding hydrogens is 341 g/mol. The average Bonchev–Trinajstić information content (AvgIpc) is 2.90. The Labute approximate surface area is 142 Å². The standard InChI is InChI=1S/C14H15Cl2N5O2/c1-8(18-12-5-6-21(20-12)7-11(17)22)14(23)19-10-4-2-3-9(15)13(10)16/h2-6,8H,7H2,1H3,(H2,17,22)(H,18,20)(H,19,23)/t8-/m0/s1. The van der Waals surface area contributed by atoms with Gasteiger partial charge in [-0.3, -0.25) is 14.3 Å². The molecule has 0 aliphatic rings. The molecule has 0 saturated heterocycles. The summed E-state index contributed by atoms with van der Waals surface area (Å²) in [7, 11) is 0. The number of benzene rings is 1. The van der Waals surface area contributed by atoms with Gasteiger partial charge in [0.15, 0.2) is 0 Å². The number of carbonyl (C=O) groups is 2. The first-order valence-corrected chi connectivity index (χ1v) is 7.45. The van der Waals surface area contributed by atoms with Crippen LogP contribution >= 0.6 is 23.2 Å². The molecule has 2 rings (SSSR count). The van der Waals surface area contributed by atoms with Crippen LogP contribution in [-0.2, 0) is 16.1 Å². The highest BCUT2D eigenvalue weighted by Gasteiger charge is 2.16. The van der Waals surface area contributed by atoms with Crippen molar-refractivity contribution < 1.29 is 9.59 Å². The fraction of sp³-hybridized carbons (Fsp3) is 0.214. The summed E-state index contributed by atoms with van der Waals surface area (Å²) in [5.74, 6) is -0.356. The van der Waals surface area contributed by atoms with Gasteiger partial charge in [-0.2, -0.15) is 5.10 Å². The third-order valence-corrected chi connectivity index (χ3v) is 3.74. The van der Waals surface area contributed by atoms with Gasteiger partial charge in [-0.1, -0.05) is 29.3 Å². The molecule has 9 heteroatoms. The number of primary amides is 1. The predicted octanol–water partition coefficient (Wildman–Crippen LogP) is 2.11. The number of rotatable bonds is 6. The van der Waals surface area contributed by atoms with Crippen LogP contribution in [0.4, 0.5) is 11.5 Å². The van der Waals surface area contributed by atoms with E-state index in [1.807, 2.05) is 0 Å². The molecule has 2 aromatic rings. The number of carbonyl (C=O) groups excluding carboxylic acids is 2. The van der Waals surface area contributed by atoms with E-state index >= 15 is 0 Å². The maximum absolute atomic E-state index is 12.2. The molecule has 0 saturated carbocycles. The number of hydrogen-bond donors (Lipinski definition) is 3. The molecule has 1 heterocycles. The lowest BCUT2D eigenvalue weighted by Crippen LogP contribution is -2.32. The number of nitrogens with zero attached hydrogens (tertiary/aromatic N) is 2. The lowest BCUT2D eigenvalue weighted by Gasteiger charge is -2.14. The van der Waals surface area contributed by atoms with E-state index in [4.69, 9.17) is 28.9 Å². The minimum atomic E-state index is -0.582. The van der Waals surface area contributed by atoms with Gasteiger partial charge in [-0.05, 0) is 19.1 Å². The Morgan fingerprint density at radius 3 is 2.78 bits per heavy atom. The number of aromatic nitrogens is 2. The molecule has 23 heavy (non-hydrogen) atoms. The number of nitrogens with two attached hydrogens (primary N) is 1. The topological polar surface area (TPSA) is 102 Å². The van der Waals surface area contributed by atoms with E-state index in [2.05, 4.69) is 15.7 Å². The smallest absolute Gasteiger partial charge is 0.246 e. The third kappa shape index (κ3) is 4.61. The highest BCUT2D eigenvalue weighted by atomic mass is 35.5. The summed E-state index contributed by atoms with van der Waals surface area (Å²) in [5.41, 5.74) is 5.52. The van der Waals surface area contributed by atoms with E-state index in [1.54, 1.807) is 37.4 Å². The van der Waals surface area contributed by atoms with Crippen LogP contribution < -0.4 is 16.4 Å². The first-order valence-electron chi connectivity index (χ1n) is 6.70. The lowest BCUT2D eigenvalue weighted by molar-refractivity contribution is -0.119. The van der Waals surface area contributed by atoms with Gasteiger partial charge in [0.05, 0.1) is 15.7 Å². The monoisotopic (exact) mass is 355 g/mol. The van der Waals surface area contributed by atoms with Crippen LogP contribution in [0.1, 0.15) is 6.92 Å². The van der Waals surface area contributed by atoms with Crippen molar-refractivity contribution in [2.75, 3.05) is 10.6 Å². The van der Waals surface area contributed by atoms with E-state index in [0.29, 0.717) is 16.5 Å². The fourth-order valence-corrected chi connectivity index (χ4v) is 2.16. The number of amides is 2. The Kier molecular flexibility index (Phi) is 5.46. The average molecular weight is 356 g/mol. The lowest BCUT2D eigenvalue weighted by atomic mass is 10.2. The second-order valence-corrected chi connectivity index (χ2v) is 5.61. The number of nitrogens with one attached hydrogen (secondary N) is 2. The summed E-state index contributed by atoms with van der Waals surface area (Å²) < 4.78 is 1.38. The summed E-state index contributed by atoms with van der Waals surface area (Å²) in [6.45, 7) is 1.64. The van der Waals surface area contributed by atoms with Crippen LogP contribution in [-0.4, -0.2) is 27.6 Å². The molecule has 0 aliphatic carbocycles. The van der Waals surface area contributed by atoms with Gasteiger partial charge in [-0.15, -0.1) is 0 Å². The predicted molar refractivity (Wildman–Crippen MR) is 89.6 cm³/mol. The van der Waals surface area contributed by atoms with Crippen LogP contribution in [0.5, 0.6) is 0 Å². The van der Waals surface area contributed by atoms with E-state index in [-0.39, 0.29) is 17.5 Å². The van der Waals surface area contributed by atoms with Crippen molar-refractivity contribution in [3.05, 3.63) is 40.5 Å². The Hall–Kier alpha value is -2.25. The van der Waals surface area contributed by atoms with Crippen LogP contribution in [0.3, 0.4) is 0 Å². The molecule has 0 fully saturated rings. The molecule has 1 aromatic carbocycles. The van der Waals surface area contributed by atoms with Crippen molar-refractivity contribution in [3.8, 4) is 0 Å². The second kappa shape index (κ2) is 7.34. The van der Waals surface area contributed by atoms with Gasteiger partial charge in [-0.25, -0.2) is 0 Å². The molecule has 1 aromatic heterocycles. The summed E-state index contributed by atoms with van der Waals surface area (Å²) in [5, 5.41) is 10.3. The van der Waals surface area contributed by atoms with Gasteiger partial charge in [0, 0.05) is 12.3 Å². The van der Waals surface area contributed by atoms with Crippen molar-refractivity contribution in [2.45, 2.75) is 19.5 Å². The Balaban J connectivity index is 1.98. The molecule has 122 valence electrons. The zero-order chi connectivity index (χ0) is 17.0. The molecule has 0 spiro atoms. The maximum atomic E-state index is 12.2. The summed E-state index contributed by atoms with van der Waals surface area (Å²) in [4.78, 5) is 23.0.